The monoisotopic (exact) mass is 599 g/mol. The van der Waals surface area contributed by atoms with Crippen LogP contribution in [0.15, 0.2) is 119 Å². The zero-order chi connectivity index (χ0) is 30.3. The number of carbonyl (C=O) groups excluding carboxylic acids is 1. The van der Waals surface area contributed by atoms with Gasteiger partial charge in [-0.3, -0.25) is 0 Å². The molecule has 2 atom stereocenters. The fourth-order valence-electron chi connectivity index (χ4n) is 5.04. The lowest BCUT2D eigenvalue weighted by atomic mass is 9.85. The molecular weight excluding hydrogens is 566 g/mol. The number of benzene rings is 4. The number of hydrogen-bond donors (Lipinski definition) is 1. The number of sulfone groups is 1. The minimum atomic E-state index is -3.74. The van der Waals surface area contributed by atoms with E-state index in [9.17, 15) is 13.2 Å². The molecule has 0 amide bonds. The highest BCUT2D eigenvalue weighted by Gasteiger charge is 2.54. The van der Waals surface area contributed by atoms with Crippen LogP contribution >= 0.6 is 0 Å². The van der Waals surface area contributed by atoms with E-state index in [0.717, 1.165) is 11.1 Å². The van der Waals surface area contributed by atoms with Crippen LogP contribution in [0.25, 0.3) is 11.1 Å². The Kier molecular flexibility index (Phi) is 9.23. The van der Waals surface area contributed by atoms with Crippen LogP contribution in [0.3, 0.4) is 0 Å². The Bertz CT molecular complexity index is 1660. The van der Waals surface area contributed by atoms with Crippen molar-refractivity contribution in [3.63, 3.8) is 0 Å². The maximum atomic E-state index is 13.6. The first kappa shape index (κ1) is 30.0. The van der Waals surface area contributed by atoms with Crippen molar-refractivity contribution in [2.75, 3.05) is 26.1 Å². The quantitative estimate of drug-likeness (QED) is 0.171. The van der Waals surface area contributed by atoms with Crippen LogP contribution in [-0.4, -0.2) is 57.0 Å². The molecule has 1 heterocycles. The Balaban J connectivity index is 1.52. The van der Waals surface area contributed by atoms with Gasteiger partial charge in [-0.25, -0.2) is 18.2 Å². The number of esters is 1. The fraction of sp³-hybridized carbons (Fsp3) is 0.235. The molecule has 1 aliphatic heterocycles. The van der Waals surface area contributed by atoms with E-state index in [1.165, 1.54) is 19.2 Å². The summed E-state index contributed by atoms with van der Waals surface area (Å²) in [5, 5.41) is 9.01. The van der Waals surface area contributed by atoms with Gasteiger partial charge in [0.1, 0.15) is 5.75 Å². The molecule has 4 aromatic rings. The van der Waals surface area contributed by atoms with Crippen LogP contribution in [0.1, 0.15) is 30.1 Å². The molecule has 9 heteroatoms. The van der Waals surface area contributed by atoms with Crippen LogP contribution in [0.4, 0.5) is 0 Å². The Hall–Kier alpha value is -4.47. The molecule has 8 nitrogen and oxygen atoms in total. The van der Waals surface area contributed by atoms with Gasteiger partial charge in [0.05, 0.1) is 24.4 Å². The van der Waals surface area contributed by atoms with E-state index >= 15 is 0 Å². The molecule has 222 valence electrons. The van der Waals surface area contributed by atoms with E-state index in [1.807, 2.05) is 54.6 Å². The first-order valence-corrected chi connectivity index (χ1v) is 15.6. The molecule has 4 aromatic carbocycles. The number of aliphatic hydroxyl groups is 1. The molecule has 0 bridgehead atoms. The van der Waals surface area contributed by atoms with E-state index in [4.69, 9.17) is 24.3 Å². The first-order valence-electron chi connectivity index (χ1n) is 14.0. The van der Waals surface area contributed by atoms with Crippen LogP contribution < -0.4 is 4.74 Å². The second-order valence-electron chi connectivity index (χ2n) is 10.2. The highest BCUT2D eigenvalue weighted by atomic mass is 32.2. The largest absolute Gasteiger partial charge is 0.494 e. The lowest BCUT2D eigenvalue weighted by Gasteiger charge is -2.29. The van der Waals surface area contributed by atoms with Gasteiger partial charge < -0.3 is 19.3 Å². The average molecular weight is 600 g/mol. The van der Waals surface area contributed by atoms with Gasteiger partial charge in [-0.05, 0) is 53.1 Å². The summed E-state index contributed by atoms with van der Waals surface area (Å²) in [6, 6.07) is 32.6. The van der Waals surface area contributed by atoms with Gasteiger partial charge in [0, 0.05) is 25.0 Å². The van der Waals surface area contributed by atoms with Crippen LogP contribution in [-0.2, 0) is 24.1 Å². The van der Waals surface area contributed by atoms with Gasteiger partial charge in [-0.1, -0.05) is 72.8 Å². The van der Waals surface area contributed by atoms with E-state index in [-0.39, 0.29) is 29.6 Å². The maximum Gasteiger partial charge on any atom is 0.338 e. The molecule has 0 aromatic heterocycles. The third-order valence-electron chi connectivity index (χ3n) is 7.35. The summed E-state index contributed by atoms with van der Waals surface area (Å²) in [6.45, 7) is 0.404. The molecule has 43 heavy (non-hydrogen) atoms. The van der Waals surface area contributed by atoms with Crippen LogP contribution in [0.5, 0.6) is 5.75 Å². The molecule has 0 radical (unpaired) electrons. The van der Waals surface area contributed by atoms with Gasteiger partial charge in [-0.15, -0.1) is 0 Å². The third kappa shape index (κ3) is 6.63. The van der Waals surface area contributed by atoms with Gasteiger partial charge in [0.15, 0.2) is 15.9 Å². The van der Waals surface area contributed by atoms with Crippen molar-refractivity contribution in [2.24, 2.45) is 4.99 Å². The second-order valence-corrected chi connectivity index (χ2v) is 12.3. The van der Waals surface area contributed by atoms with Crippen LogP contribution in [0, 0.1) is 0 Å². The Morgan fingerprint density at radius 1 is 0.860 bits per heavy atom. The molecule has 1 N–H and O–H groups in total. The van der Waals surface area contributed by atoms with E-state index in [2.05, 4.69) is 0 Å². The predicted molar refractivity (Wildman–Crippen MR) is 164 cm³/mol. The maximum absolute atomic E-state index is 13.6. The van der Waals surface area contributed by atoms with Gasteiger partial charge in [0.25, 0.3) is 0 Å². The van der Waals surface area contributed by atoms with E-state index in [1.54, 1.807) is 42.5 Å². The number of rotatable bonds is 12. The smallest absolute Gasteiger partial charge is 0.338 e. The van der Waals surface area contributed by atoms with Crippen molar-refractivity contribution in [1.82, 2.24) is 0 Å². The molecule has 5 rings (SSSR count). The zero-order valence-electron chi connectivity index (χ0n) is 23.8. The summed E-state index contributed by atoms with van der Waals surface area (Å²) < 4.78 is 43.9. The lowest BCUT2D eigenvalue weighted by molar-refractivity contribution is -0.150. The summed E-state index contributed by atoms with van der Waals surface area (Å²) in [5.41, 5.74) is 1.61. The molecular formula is C34H33NO7S. The van der Waals surface area contributed by atoms with Crippen molar-refractivity contribution < 1.29 is 32.5 Å². The highest BCUT2D eigenvalue weighted by molar-refractivity contribution is 7.91. The minimum absolute atomic E-state index is 0.0338. The summed E-state index contributed by atoms with van der Waals surface area (Å²) in [5.74, 6) is -0.229. The highest BCUT2D eigenvalue weighted by Crippen LogP contribution is 2.44. The lowest BCUT2D eigenvalue weighted by Crippen LogP contribution is -2.43. The normalized spacial score (nSPS) is 18.0. The van der Waals surface area contributed by atoms with Crippen LogP contribution in [0.2, 0.25) is 0 Å². The topological polar surface area (TPSA) is 111 Å². The Morgan fingerprint density at radius 3 is 2.09 bits per heavy atom. The van der Waals surface area contributed by atoms with Gasteiger partial charge in [-0.2, -0.15) is 0 Å². The zero-order valence-corrected chi connectivity index (χ0v) is 24.6. The molecule has 0 saturated carbocycles. The fourth-order valence-corrected chi connectivity index (χ4v) is 6.42. The second kappa shape index (κ2) is 13.2. The summed E-state index contributed by atoms with van der Waals surface area (Å²) >= 11 is 0. The van der Waals surface area contributed by atoms with Crippen molar-refractivity contribution in [2.45, 2.75) is 29.4 Å². The van der Waals surface area contributed by atoms with Crippen molar-refractivity contribution in [3.8, 4) is 16.9 Å². The molecule has 0 aliphatic carbocycles. The van der Waals surface area contributed by atoms with E-state index in [0.29, 0.717) is 29.9 Å². The van der Waals surface area contributed by atoms with Gasteiger partial charge in [0.2, 0.25) is 11.4 Å². The minimum Gasteiger partial charge on any atom is -0.494 e. The number of methoxy groups -OCH3 is 1. The Labute approximate surface area is 251 Å². The number of nitrogens with zero attached hydrogens (tertiary/aromatic N) is 1. The number of ether oxygens (including phenoxy) is 3. The third-order valence-corrected chi connectivity index (χ3v) is 9.08. The number of aliphatic imine (C=N–C) groups is 1. The van der Waals surface area contributed by atoms with Gasteiger partial charge >= 0.3 is 5.97 Å². The molecule has 1 aliphatic rings. The van der Waals surface area contributed by atoms with E-state index < -0.39 is 27.4 Å². The first-order chi connectivity index (χ1) is 20.9. The number of hydrogen-bond acceptors (Lipinski definition) is 8. The summed E-state index contributed by atoms with van der Waals surface area (Å²) in [4.78, 5) is 18.5. The van der Waals surface area contributed by atoms with Crippen molar-refractivity contribution >= 4 is 21.7 Å². The molecule has 0 fully saturated rings. The van der Waals surface area contributed by atoms with Crippen molar-refractivity contribution in [1.29, 1.82) is 0 Å². The number of carbonyl (C=O) groups is 1. The summed E-state index contributed by atoms with van der Waals surface area (Å²) in [6.07, 6.45) is -0.588. The SMILES string of the molecule is COC(=O)[C@]1(CCS(=O)(=O)c2ccccc2)N=C(c2ccc(OCCCO)cc2)O[C@@H]1c1ccc(-c2ccccc2)cc1. The number of aliphatic hydroxyl groups excluding tert-OH is 1. The molecule has 0 spiro atoms. The molecule has 0 saturated heterocycles. The molecule has 0 unspecified atom stereocenters. The standard InChI is InChI=1S/C34H33NO7S/c1-40-33(37)34(21-24-43(38,39)30-11-6-3-7-12-30)31(27-15-13-26(14-16-27)25-9-4-2-5-10-25)42-32(35-34)28-17-19-29(20-18-28)41-23-8-22-36/h2-7,9-20,31,36H,8,21-24H2,1H3/t31-,34-/m1/s1. The summed E-state index contributed by atoms with van der Waals surface area (Å²) in [7, 11) is -2.48. The Morgan fingerprint density at radius 2 is 1.47 bits per heavy atom. The predicted octanol–water partition coefficient (Wildman–Crippen LogP) is 5.41. The van der Waals surface area contributed by atoms with Crippen molar-refractivity contribution in [3.05, 3.63) is 120 Å². The average Bonchev–Trinajstić information content (AvgIpc) is 3.46.